The van der Waals surface area contributed by atoms with E-state index in [1.54, 1.807) is 12.4 Å². The number of thiophene rings is 1. The molecule has 4 nitrogen and oxygen atoms in total. The predicted octanol–water partition coefficient (Wildman–Crippen LogP) is 5.01. The first-order valence-electron chi connectivity index (χ1n) is 8.46. The summed E-state index contributed by atoms with van der Waals surface area (Å²) in [6, 6.07) is 12.1. The first-order valence-corrected chi connectivity index (χ1v) is 9.34. The van der Waals surface area contributed by atoms with Crippen molar-refractivity contribution < 1.29 is 0 Å². The molecule has 0 aliphatic carbocycles. The standard InChI is InChI=1S/C21H19N3OS/c1-21(2,3)15-8-6-13(7-9-15)16-12-26-20-17(16)19(25)23-18(24-20)14-5-4-10-22-11-14/h4-12H,1-3H3,(H,23,24,25). The van der Waals surface area contributed by atoms with E-state index in [0.717, 1.165) is 21.5 Å². The van der Waals surface area contributed by atoms with E-state index in [9.17, 15) is 4.79 Å². The van der Waals surface area contributed by atoms with Crippen molar-refractivity contribution in [2.24, 2.45) is 0 Å². The molecule has 0 atom stereocenters. The van der Waals surface area contributed by atoms with Crippen LogP contribution in [-0.4, -0.2) is 15.0 Å². The van der Waals surface area contributed by atoms with Crippen molar-refractivity contribution in [1.29, 1.82) is 0 Å². The Bertz CT molecular complexity index is 1120. The van der Waals surface area contributed by atoms with Crippen molar-refractivity contribution in [3.05, 3.63) is 70.1 Å². The second-order valence-electron chi connectivity index (χ2n) is 7.31. The molecule has 4 rings (SSSR count). The van der Waals surface area contributed by atoms with Crippen LogP contribution in [0.4, 0.5) is 0 Å². The maximum absolute atomic E-state index is 12.7. The monoisotopic (exact) mass is 361 g/mol. The molecule has 1 aromatic carbocycles. The molecule has 0 radical (unpaired) electrons. The number of aromatic amines is 1. The van der Waals surface area contributed by atoms with E-state index in [2.05, 4.69) is 60.0 Å². The summed E-state index contributed by atoms with van der Waals surface area (Å²) in [6.45, 7) is 6.57. The maximum Gasteiger partial charge on any atom is 0.260 e. The number of pyridine rings is 1. The fourth-order valence-corrected chi connectivity index (χ4v) is 3.90. The van der Waals surface area contributed by atoms with Gasteiger partial charge in [-0.1, -0.05) is 45.0 Å². The summed E-state index contributed by atoms with van der Waals surface area (Å²) >= 11 is 1.49. The number of aromatic nitrogens is 3. The van der Waals surface area contributed by atoms with E-state index in [4.69, 9.17) is 0 Å². The molecule has 0 spiro atoms. The normalized spacial score (nSPS) is 11.8. The lowest BCUT2D eigenvalue weighted by atomic mass is 9.86. The van der Waals surface area contributed by atoms with Crippen molar-refractivity contribution in [2.75, 3.05) is 0 Å². The second kappa shape index (κ2) is 6.18. The van der Waals surface area contributed by atoms with Gasteiger partial charge >= 0.3 is 0 Å². The van der Waals surface area contributed by atoms with Crippen LogP contribution >= 0.6 is 11.3 Å². The van der Waals surface area contributed by atoms with Gasteiger partial charge in [0.25, 0.3) is 5.56 Å². The van der Waals surface area contributed by atoms with E-state index in [0.29, 0.717) is 11.2 Å². The van der Waals surface area contributed by atoms with Gasteiger partial charge in [-0.05, 0) is 28.7 Å². The Labute approximate surface area is 155 Å². The Kier molecular flexibility index (Phi) is 3.96. The van der Waals surface area contributed by atoms with Crippen LogP contribution < -0.4 is 5.56 Å². The number of hydrogen-bond acceptors (Lipinski definition) is 4. The average molecular weight is 361 g/mol. The van der Waals surface area contributed by atoms with Gasteiger partial charge in [-0.25, -0.2) is 4.98 Å². The lowest BCUT2D eigenvalue weighted by Crippen LogP contribution is -2.10. The first-order chi connectivity index (χ1) is 12.4. The molecule has 4 aromatic rings. The molecule has 1 N–H and O–H groups in total. The highest BCUT2D eigenvalue weighted by Gasteiger charge is 2.16. The molecule has 26 heavy (non-hydrogen) atoms. The highest BCUT2D eigenvalue weighted by molar-refractivity contribution is 7.17. The molecule has 0 bridgehead atoms. The fraction of sp³-hybridized carbons (Fsp3) is 0.190. The topological polar surface area (TPSA) is 58.6 Å². The largest absolute Gasteiger partial charge is 0.306 e. The maximum atomic E-state index is 12.7. The van der Waals surface area contributed by atoms with E-state index in [1.807, 2.05) is 17.5 Å². The summed E-state index contributed by atoms with van der Waals surface area (Å²) in [5.74, 6) is 0.548. The summed E-state index contributed by atoms with van der Waals surface area (Å²) in [7, 11) is 0. The molecular weight excluding hydrogens is 342 g/mol. The van der Waals surface area contributed by atoms with Crippen LogP contribution in [0.1, 0.15) is 26.3 Å². The van der Waals surface area contributed by atoms with Gasteiger partial charge in [0, 0.05) is 28.9 Å². The van der Waals surface area contributed by atoms with Crippen LogP contribution in [0.5, 0.6) is 0 Å². The number of H-pyrrole nitrogens is 1. The quantitative estimate of drug-likeness (QED) is 0.546. The summed E-state index contributed by atoms with van der Waals surface area (Å²) in [5.41, 5.74) is 4.02. The van der Waals surface area contributed by atoms with Crippen LogP contribution in [0.3, 0.4) is 0 Å². The van der Waals surface area contributed by atoms with Crippen molar-refractivity contribution in [3.63, 3.8) is 0 Å². The highest BCUT2D eigenvalue weighted by atomic mass is 32.1. The summed E-state index contributed by atoms with van der Waals surface area (Å²) in [5, 5.41) is 2.65. The van der Waals surface area contributed by atoms with Crippen LogP contribution in [0, 0.1) is 0 Å². The smallest absolute Gasteiger partial charge is 0.260 e. The first kappa shape index (κ1) is 16.7. The van der Waals surface area contributed by atoms with E-state index >= 15 is 0 Å². The molecule has 0 aliphatic heterocycles. The van der Waals surface area contributed by atoms with Crippen LogP contribution in [0.25, 0.3) is 32.7 Å². The zero-order valence-corrected chi connectivity index (χ0v) is 15.7. The van der Waals surface area contributed by atoms with E-state index in [1.165, 1.54) is 16.9 Å². The number of hydrogen-bond donors (Lipinski definition) is 1. The Morgan fingerprint density at radius 3 is 2.46 bits per heavy atom. The molecule has 0 aliphatic rings. The van der Waals surface area contributed by atoms with Gasteiger partial charge in [-0.15, -0.1) is 11.3 Å². The Morgan fingerprint density at radius 1 is 1.04 bits per heavy atom. The summed E-state index contributed by atoms with van der Waals surface area (Å²) in [4.78, 5) is 25.1. The van der Waals surface area contributed by atoms with Gasteiger partial charge in [-0.2, -0.15) is 0 Å². The summed E-state index contributed by atoms with van der Waals surface area (Å²) in [6.07, 6.45) is 3.40. The molecule has 5 heteroatoms. The van der Waals surface area contributed by atoms with Crippen molar-refractivity contribution >= 4 is 21.6 Å². The number of rotatable bonds is 2. The molecular formula is C21H19N3OS. The van der Waals surface area contributed by atoms with Crippen molar-refractivity contribution in [3.8, 4) is 22.5 Å². The third kappa shape index (κ3) is 2.95. The number of fused-ring (bicyclic) bond motifs is 1. The molecule has 3 aromatic heterocycles. The molecule has 130 valence electrons. The molecule has 3 heterocycles. The lowest BCUT2D eigenvalue weighted by molar-refractivity contribution is 0.590. The highest BCUT2D eigenvalue weighted by Crippen LogP contribution is 2.33. The number of nitrogens with one attached hydrogen (secondary N) is 1. The van der Waals surface area contributed by atoms with Crippen molar-refractivity contribution in [1.82, 2.24) is 15.0 Å². The summed E-state index contributed by atoms with van der Waals surface area (Å²) < 4.78 is 0. The van der Waals surface area contributed by atoms with Crippen molar-refractivity contribution in [2.45, 2.75) is 26.2 Å². The third-order valence-electron chi connectivity index (χ3n) is 4.44. The van der Waals surface area contributed by atoms with Crippen LogP contribution in [-0.2, 0) is 5.41 Å². The Morgan fingerprint density at radius 2 is 1.81 bits per heavy atom. The number of benzene rings is 1. The average Bonchev–Trinajstić information content (AvgIpc) is 3.06. The minimum absolute atomic E-state index is 0.104. The molecule has 0 saturated heterocycles. The Hall–Kier alpha value is -2.79. The number of nitrogens with zero attached hydrogens (tertiary/aromatic N) is 2. The van der Waals surface area contributed by atoms with Gasteiger partial charge in [-0.3, -0.25) is 9.78 Å². The van der Waals surface area contributed by atoms with Crippen LogP contribution in [0.15, 0.2) is 59.0 Å². The van der Waals surface area contributed by atoms with Gasteiger partial charge in [0.1, 0.15) is 10.7 Å². The van der Waals surface area contributed by atoms with Gasteiger partial charge in [0.05, 0.1) is 5.39 Å². The minimum atomic E-state index is -0.120. The zero-order chi connectivity index (χ0) is 18.3. The SMILES string of the molecule is CC(C)(C)c1ccc(-c2csc3nc(-c4cccnc4)[nH]c(=O)c23)cc1. The van der Waals surface area contributed by atoms with Gasteiger partial charge in [0.15, 0.2) is 0 Å². The third-order valence-corrected chi connectivity index (χ3v) is 5.31. The molecule has 0 unspecified atom stereocenters. The van der Waals surface area contributed by atoms with Crippen LogP contribution in [0.2, 0.25) is 0 Å². The van der Waals surface area contributed by atoms with E-state index < -0.39 is 0 Å². The van der Waals surface area contributed by atoms with Gasteiger partial charge in [0.2, 0.25) is 0 Å². The van der Waals surface area contributed by atoms with E-state index in [-0.39, 0.29) is 11.0 Å². The lowest BCUT2D eigenvalue weighted by Gasteiger charge is -2.19. The zero-order valence-electron chi connectivity index (χ0n) is 14.9. The molecule has 0 fully saturated rings. The Balaban J connectivity index is 1.82. The minimum Gasteiger partial charge on any atom is -0.306 e. The molecule has 0 amide bonds. The molecule has 0 saturated carbocycles. The predicted molar refractivity (Wildman–Crippen MR) is 108 cm³/mol. The fourth-order valence-electron chi connectivity index (χ4n) is 2.95. The second-order valence-corrected chi connectivity index (χ2v) is 8.17. The van der Waals surface area contributed by atoms with Gasteiger partial charge < -0.3 is 4.98 Å².